The van der Waals surface area contributed by atoms with E-state index in [2.05, 4.69) is 5.32 Å². The molecule has 0 saturated carbocycles. The van der Waals surface area contributed by atoms with E-state index in [1.165, 1.54) is 32.0 Å². The minimum atomic E-state index is -3.87. The molecule has 8 nitrogen and oxygen atoms in total. The van der Waals surface area contributed by atoms with Crippen LogP contribution < -0.4 is 14.4 Å². The molecule has 0 aliphatic carbocycles. The Hall–Kier alpha value is -2.49. The number of nitrogens with one attached hydrogen (secondary N) is 1. The third-order valence-electron chi connectivity index (χ3n) is 4.84. The summed E-state index contributed by atoms with van der Waals surface area (Å²) in [5.74, 6) is -0.760. The van der Waals surface area contributed by atoms with Crippen LogP contribution in [0.25, 0.3) is 0 Å². The highest BCUT2D eigenvalue weighted by molar-refractivity contribution is 7.92. The molecule has 0 unspecified atom stereocenters. The van der Waals surface area contributed by atoms with Gasteiger partial charge in [-0.2, -0.15) is 0 Å². The molecule has 0 aliphatic heterocycles. The smallest absolute Gasteiger partial charge is 0.244 e. The molecular weight excluding hydrogens is 477 g/mol. The van der Waals surface area contributed by atoms with Crippen LogP contribution in [0.4, 0.5) is 5.69 Å². The number of nitrogens with zero attached hydrogens (tertiary/aromatic N) is 2. The van der Waals surface area contributed by atoms with Crippen molar-refractivity contribution in [1.82, 2.24) is 10.2 Å². The molecule has 2 aromatic rings. The maximum absolute atomic E-state index is 13.4. The third kappa shape index (κ3) is 6.05. The first-order chi connectivity index (χ1) is 15.0. The van der Waals surface area contributed by atoms with Crippen molar-refractivity contribution in [3.8, 4) is 5.75 Å². The molecule has 2 rings (SSSR count). The van der Waals surface area contributed by atoms with Gasteiger partial charge in [-0.15, -0.1) is 0 Å². The molecule has 0 spiro atoms. The number of likely N-dealkylation sites (N-methyl/N-ethyl adjacent to an activating group) is 1. The van der Waals surface area contributed by atoms with Gasteiger partial charge in [-0.1, -0.05) is 41.4 Å². The zero-order valence-corrected chi connectivity index (χ0v) is 20.5. The summed E-state index contributed by atoms with van der Waals surface area (Å²) in [7, 11) is -1.02. The molecule has 0 heterocycles. The Morgan fingerprint density at radius 1 is 1.09 bits per heavy atom. The van der Waals surface area contributed by atoms with E-state index in [1.807, 2.05) is 0 Å². The average Bonchev–Trinajstić information content (AvgIpc) is 2.75. The van der Waals surface area contributed by atoms with Crippen molar-refractivity contribution in [1.29, 1.82) is 0 Å². The molecule has 0 bridgehead atoms. The summed E-state index contributed by atoms with van der Waals surface area (Å²) in [4.78, 5) is 27.0. The Labute approximate surface area is 198 Å². The van der Waals surface area contributed by atoms with Gasteiger partial charge >= 0.3 is 0 Å². The lowest BCUT2D eigenvalue weighted by Crippen LogP contribution is -2.50. The van der Waals surface area contributed by atoms with Crippen molar-refractivity contribution in [2.75, 3.05) is 31.3 Å². The highest BCUT2D eigenvalue weighted by Gasteiger charge is 2.31. The number of hydrogen-bond donors (Lipinski definition) is 1. The van der Waals surface area contributed by atoms with Crippen molar-refractivity contribution in [2.24, 2.45) is 0 Å². The van der Waals surface area contributed by atoms with Gasteiger partial charge in [0.15, 0.2) is 0 Å². The Kier molecular flexibility index (Phi) is 8.77. The second-order valence-corrected chi connectivity index (χ2v) is 9.67. The van der Waals surface area contributed by atoms with Crippen molar-refractivity contribution < 1.29 is 22.7 Å². The van der Waals surface area contributed by atoms with Crippen LogP contribution >= 0.6 is 23.2 Å². The quantitative estimate of drug-likeness (QED) is 0.569. The van der Waals surface area contributed by atoms with Crippen LogP contribution in [0.15, 0.2) is 42.5 Å². The largest absolute Gasteiger partial charge is 0.495 e. The third-order valence-corrected chi connectivity index (χ3v) is 6.67. The van der Waals surface area contributed by atoms with Crippen LogP contribution in [0, 0.1) is 0 Å². The Morgan fingerprint density at radius 2 is 1.69 bits per heavy atom. The predicted octanol–water partition coefficient (Wildman–Crippen LogP) is 2.93. The number of sulfonamides is 1. The topological polar surface area (TPSA) is 96.0 Å². The van der Waals surface area contributed by atoms with Gasteiger partial charge < -0.3 is 15.0 Å². The molecule has 2 aromatic carbocycles. The number of ether oxygens (including phenoxy) is 1. The van der Waals surface area contributed by atoms with Gasteiger partial charge in [-0.3, -0.25) is 13.9 Å². The number of para-hydroxylation sites is 2. The van der Waals surface area contributed by atoms with E-state index in [0.29, 0.717) is 15.6 Å². The molecule has 174 valence electrons. The number of carbonyl (C=O) groups excluding carboxylic acids is 2. The van der Waals surface area contributed by atoms with Crippen LogP contribution in [-0.2, 0) is 26.2 Å². The summed E-state index contributed by atoms with van der Waals surface area (Å²) >= 11 is 12.5. The van der Waals surface area contributed by atoms with E-state index < -0.39 is 34.4 Å². The number of anilines is 1. The maximum atomic E-state index is 13.4. The van der Waals surface area contributed by atoms with Crippen LogP contribution in [0.1, 0.15) is 12.5 Å². The second-order valence-electron chi connectivity index (χ2n) is 6.95. The summed E-state index contributed by atoms with van der Waals surface area (Å²) in [5.41, 5.74) is 0.650. The lowest BCUT2D eigenvalue weighted by Gasteiger charge is -2.32. The molecule has 0 aliphatic rings. The van der Waals surface area contributed by atoms with Gasteiger partial charge in [-0.25, -0.2) is 8.42 Å². The SMILES string of the molecule is CNC(=O)[C@H](C)N(Cc1c(Cl)cccc1Cl)C(=O)CN(c1ccccc1OC)S(C)(=O)=O. The van der Waals surface area contributed by atoms with Crippen molar-refractivity contribution in [3.63, 3.8) is 0 Å². The number of methoxy groups -OCH3 is 1. The van der Waals surface area contributed by atoms with Gasteiger partial charge in [-0.05, 0) is 31.2 Å². The van der Waals surface area contributed by atoms with E-state index in [9.17, 15) is 18.0 Å². The normalized spacial score (nSPS) is 12.1. The lowest BCUT2D eigenvalue weighted by molar-refractivity contribution is -0.139. The summed E-state index contributed by atoms with van der Waals surface area (Å²) in [5, 5.41) is 3.14. The van der Waals surface area contributed by atoms with Gasteiger partial charge in [0, 0.05) is 29.2 Å². The zero-order chi connectivity index (χ0) is 24.1. The molecule has 0 radical (unpaired) electrons. The Balaban J connectivity index is 2.48. The molecule has 0 saturated heterocycles. The number of halogens is 2. The molecular formula is C21H25Cl2N3O5S. The fourth-order valence-corrected chi connectivity index (χ4v) is 4.45. The van der Waals surface area contributed by atoms with Crippen LogP contribution in [-0.4, -0.2) is 58.1 Å². The predicted molar refractivity (Wildman–Crippen MR) is 126 cm³/mol. The standard InChI is InChI=1S/C21H25Cl2N3O5S/c1-14(21(28)24-2)25(12-15-16(22)8-7-9-17(15)23)20(27)13-26(32(4,29)30)18-10-5-6-11-19(18)31-3/h5-11,14H,12-13H2,1-4H3,(H,24,28)/t14-/m0/s1. The number of amides is 2. The van der Waals surface area contributed by atoms with Crippen molar-refractivity contribution in [3.05, 3.63) is 58.1 Å². The Bertz CT molecular complexity index is 1070. The highest BCUT2D eigenvalue weighted by atomic mass is 35.5. The Morgan fingerprint density at radius 3 is 2.22 bits per heavy atom. The van der Waals surface area contributed by atoms with Crippen LogP contribution in [0.2, 0.25) is 10.0 Å². The van der Waals surface area contributed by atoms with Gasteiger partial charge in [0.25, 0.3) is 0 Å². The summed E-state index contributed by atoms with van der Waals surface area (Å²) < 4.78 is 31.3. The lowest BCUT2D eigenvalue weighted by atomic mass is 10.1. The van der Waals surface area contributed by atoms with Crippen molar-refractivity contribution >= 4 is 50.7 Å². The first-order valence-electron chi connectivity index (χ1n) is 9.56. The zero-order valence-electron chi connectivity index (χ0n) is 18.1. The summed E-state index contributed by atoms with van der Waals surface area (Å²) in [6.07, 6.45) is 0.990. The van der Waals surface area contributed by atoms with Gasteiger partial charge in [0.2, 0.25) is 21.8 Å². The number of rotatable bonds is 9. The van der Waals surface area contributed by atoms with Crippen molar-refractivity contribution in [2.45, 2.75) is 19.5 Å². The van der Waals surface area contributed by atoms with E-state index in [1.54, 1.807) is 36.4 Å². The van der Waals surface area contributed by atoms with Crippen LogP contribution in [0.3, 0.4) is 0 Å². The first kappa shape index (κ1) is 25.8. The maximum Gasteiger partial charge on any atom is 0.244 e. The van der Waals surface area contributed by atoms with E-state index >= 15 is 0 Å². The fraction of sp³-hybridized carbons (Fsp3) is 0.333. The number of benzene rings is 2. The number of carbonyl (C=O) groups is 2. The monoisotopic (exact) mass is 501 g/mol. The summed E-state index contributed by atoms with van der Waals surface area (Å²) in [6.45, 7) is 0.896. The van der Waals surface area contributed by atoms with Gasteiger partial charge in [0.1, 0.15) is 18.3 Å². The van der Waals surface area contributed by atoms with Gasteiger partial charge in [0.05, 0.1) is 19.1 Å². The fourth-order valence-electron chi connectivity index (χ4n) is 3.08. The second kappa shape index (κ2) is 10.9. The minimum absolute atomic E-state index is 0.0878. The minimum Gasteiger partial charge on any atom is -0.495 e. The molecule has 32 heavy (non-hydrogen) atoms. The molecule has 11 heteroatoms. The molecule has 0 aromatic heterocycles. The van der Waals surface area contributed by atoms with E-state index in [-0.39, 0.29) is 18.0 Å². The van der Waals surface area contributed by atoms with E-state index in [4.69, 9.17) is 27.9 Å². The van der Waals surface area contributed by atoms with E-state index in [0.717, 1.165) is 10.6 Å². The number of hydrogen-bond acceptors (Lipinski definition) is 5. The van der Waals surface area contributed by atoms with Crippen LogP contribution in [0.5, 0.6) is 5.75 Å². The summed E-state index contributed by atoms with van der Waals surface area (Å²) in [6, 6.07) is 10.4. The molecule has 1 N–H and O–H groups in total. The average molecular weight is 502 g/mol. The molecule has 0 fully saturated rings. The molecule has 1 atom stereocenters. The molecule has 2 amide bonds. The first-order valence-corrected chi connectivity index (χ1v) is 12.2. The highest BCUT2D eigenvalue weighted by Crippen LogP contribution is 2.30.